The van der Waals surface area contributed by atoms with Gasteiger partial charge in [0.25, 0.3) is 0 Å². The van der Waals surface area contributed by atoms with Crippen LogP contribution in [0.2, 0.25) is 0 Å². The quantitative estimate of drug-likeness (QED) is 0.607. The number of nitrogens with one attached hydrogen (secondary N) is 1. The first-order valence-corrected chi connectivity index (χ1v) is 7.04. The summed E-state index contributed by atoms with van der Waals surface area (Å²) in [6.07, 6.45) is 2.56. The molecule has 5 nitrogen and oxygen atoms in total. The summed E-state index contributed by atoms with van der Waals surface area (Å²) in [6, 6.07) is 8.67. The molecule has 1 N–H and O–H groups in total. The first-order chi connectivity index (χ1) is 10.2. The molecule has 1 fully saturated rings. The van der Waals surface area contributed by atoms with Crippen LogP contribution >= 0.6 is 0 Å². The topological polar surface area (TPSA) is 58.6 Å². The summed E-state index contributed by atoms with van der Waals surface area (Å²) in [4.78, 5) is 25.8. The zero-order valence-electron chi connectivity index (χ0n) is 12.0. The minimum Gasteiger partial charge on any atom is -0.379 e. The Bertz CT molecular complexity index is 502. The molecular formula is C16H20N2O3. The van der Waals surface area contributed by atoms with E-state index in [1.165, 1.54) is 0 Å². The Labute approximate surface area is 124 Å². The maximum Gasteiger partial charge on any atom is 0.250 e. The van der Waals surface area contributed by atoms with Gasteiger partial charge in [0, 0.05) is 6.54 Å². The van der Waals surface area contributed by atoms with Crippen molar-refractivity contribution < 1.29 is 14.3 Å². The Morgan fingerprint density at radius 3 is 2.76 bits per heavy atom. The molecule has 1 unspecified atom stereocenters. The van der Waals surface area contributed by atoms with Crippen molar-refractivity contribution in [2.75, 3.05) is 26.3 Å². The Morgan fingerprint density at radius 1 is 1.29 bits per heavy atom. The molecule has 0 radical (unpaired) electrons. The van der Waals surface area contributed by atoms with Gasteiger partial charge in [0.1, 0.15) is 6.04 Å². The highest BCUT2D eigenvalue weighted by Gasteiger charge is 2.33. The minimum atomic E-state index is -0.597. The van der Waals surface area contributed by atoms with Gasteiger partial charge in [-0.25, -0.2) is 0 Å². The Hall–Kier alpha value is -2.14. The van der Waals surface area contributed by atoms with Crippen LogP contribution in [0.1, 0.15) is 18.0 Å². The number of hydrogen-bond acceptors (Lipinski definition) is 3. The minimum absolute atomic E-state index is 0.0897. The lowest BCUT2D eigenvalue weighted by Crippen LogP contribution is -2.54. The van der Waals surface area contributed by atoms with E-state index in [-0.39, 0.29) is 18.4 Å². The van der Waals surface area contributed by atoms with E-state index < -0.39 is 6.04 Å². The van der Waals surface area contributed by atoms with Crippen LogP contribution in [-0.4, -0.2) is 43.0 Å². The van der Waals surface area contributed by atoms with Gasteiger partial charge in [0.15, 0.2) is 0 Å². The van der Waals surface area contributed by atoms with Crippen molar-refractivity contribution in [3.63, 3.8) is 0 Å². The molecular weight excluding hydrogens is 268 g/mol. The van der Waals surface area contributed by atoms with Gasteiger partial charge in [-0.15, -0.1) is 6.58 Å². The molecule has 2 rings (SSSR count). The van der Waals surface area contributed by atoms with E-state index in [1.54, 1.807) is 11.0 Å². The number of piperazine rings is 1. The molecule has 0 aromatic heterocycles. The molecule has 0 saturated carbocycles. The highest BCUT2D eigenvalue weighted by atomic mass is 16.5. The van der Waals surface area contributed by atoms with Crippen LogP contribution in [0.15, 0.2) is 43.0 Å². The summed E-state index contributed by atoms with van der Waals surface area (Å²) >= 11 is 0. The molecule has 5 heteroatoms. The second-order valence-electron chi connectivity index (χ2n) is 4.86. The maximum absolute atomic E-state index is 12.4. The molecule has 1 aromatic carbocycles. The smallest absolute Gasteiger partial charge is 0.250 e. The molecule has 21 heavy (non-hydrogen) atoms. The molecule has 1 aliphatic rings. The Kier molecular flexibility index (Phi) is 5.51. The fourth-order valence-corrected chi connectivity index (χ4v) is 2.21. The van der Waals surface area contributed by atoms with Gasteiger partial charge in [-0.05, 0) is 12.0 Å². The number of carbonyl (C=O) groups excluding carboxylic acids is 2. The third-order valence-corrected chi connectivity index (χ3v) is 3.30. The van der Waals surface area contributed by atoms with Gasteiger partial charge in [0.2, 0.25) is 11.8 Å². The van der Waals surface area contributed by atoms with Crippen molar-refractivity contribution in [3.8, 4) is 0 Å². The van der Waals surface area contributed by atoms with E-state index in [2.05, 4.69) is 11.9 Å². The molecule has 1 heterocycles. The Balaban J connectivity index is 1.94. The predicted molar refractivity (Wildman–Crippen MR) is 79.5 cm³/mol. The summed E-state index contributed by atoms with van der Waals surface area (Å²) in [7, 11) is 0. The van der Waals surface area contributed by atoms with Crippen molar-refractivity contribution >= 4 is 11.8 Å². The number of ether oxygens (including phenoxy) is 1. The van der Waals surface area contributed by atoms with Crippen LogP contribution in [0.5, 0.6) is 0 Å². The van der Waals surface area contributed by atoms with E-state index in [0.717, 1.165) is 12.0 Å². The molecule has 0 aliphatic carbocycles. The van der Waals surface area contributed by atoms with Crippen LogP contribution in [-0.2, 0) is 14.3 Å². The van der Waals surface area contributed by atoms with Gasteiger partial charge in [0.05, 0.1) is 19.8 Å². The van der Waals surface area contributed by atoms with E-state index >= 15 is 0 Å². The number of rotatable bonds is 7. The van der Waals surface area contributed by atoms with Crippen molar-refractivity contribution in [1.82, 2.24) is 10.2 Å². The lowest BCUT2D eigenvalue weighted by Gasteiger charge is -2.32. The first kappa shape index (κ1) is 15.3. The largest absolute Gasteiger partial charge is 0.379 e. The second-order valence-corrected chi connectivity index (χ2v) is 4.86. The molecule has 0 spiro atoms. The lowest BCUT2D eigenvalue weighted by atomic mass is 10.0. The number of nitrogens with zero attached hydrogens (tertiary/aromatic N) is 1. The van der Waals surface area contributed by atoms with Crippen LogP contribution in [0.3, 0.4) is 0 Å². The number of hydrogen-bond donors (Lipinski definition) is 1. The Morgan fingerprint density at radius 2 is 2.05 bits per heavy atom. The van der Waals surface area contributed by atoms with Crippen LogP contribution < -0.4 is 5.32 Å². The second kappa shape index (κ2) is 7.59. The van der Waals surface area contributed by atoms with Crippen molar-refractivity contribution in [2.45, 2.75) is 12.5 Å². The van der Waals surface area contributed by atoms with E-state index in [1.807, 2.05) is 30.3 Å². The number of carbonyl (C=O) groups is 2. The maximum atomic E-state index is 12.4. The van der Waals surface area contributed by atoms with Gasteiger partial charge in [-0.3, -0.25) is 9.59 Å². The molecule has 1 aromatic rings. The number of benzene rings is 1. The number of amides is 2. The van der Waals surface area contributed by atoms with Gasteiger partial charge < -0.3 is 15.0 Å². The fourth-order valence-electron chi connectivity index (χ4n) is 2.21. The summed E-state index contributed by atoms with van der Waals surface area (Å²) < 4.78 is 5.40. The summed E-state index contributed by atoms with van der Waals surface area (Å²) in [5.74, 6) is -0.234. The zero-order valence-corrected chi connectivity index (χ0v) is 12.0. The molecule has 0 bridgehead atoms. The van der Waals surface area contributed by atoms with Crippen molar-refractivity contribution in [3.05, 3.63) is 48.6 Å². The molecule has 1 saturated heterocycles. The molecule has 1 atom stereocenters. The first-order valence-electron chi connectivity index (χ1n) is 7.04. The lowest BCUT2D eigenvalue weighted by molar-refractivity contribution is -0.145. The van der Waals surface area contributed by atoms with Crippen molar-refractivity contribution in [2.24, 2.45) is 0 Å². The van der Waals surface area contributed by atoms with Crippen LogP contribution in [0.4, 0.5) is 0 Å². The fraction of sp³-hybridized carbons (Fsp3) is 0.375. The van der Waals surface area contributed by atoms with Gasteiger partial charge in [-0.1, -0.05) is 36.4 Å². The zero-order chi connectivity index (χ0) is 15.1. The van der Waals surface area contributed by atoms with Crippen LogP contribution in [0.25, 0.3) is 0 Å². The molecule has 1 aliphatic heterocycles. The summed E-state index contributed by atoms with van der Waals surface area (Å²) in [5.41, 5.74) is 0.799. The van der Waals surface area contributed by atoms with E-state index in [9.17, 15) is 9.59 Å². The highest BCUT2D eigenvalue weighted by molar-refractivity contribution is 5.95. The molecule has 2 amide bonds. The third-order valence-electron chi connectivity index (χ3n) is 3.30. The highest BCUT2D eigenvalue weighted by Crippen LogP contribution is 2.18. The standard InChI is InChI=1S/C16H20N2O3/c1-2-3-10-21-11-9-18-12-14(19)17-15(16(18)20)13-7-5-4-6-8-13/h2,4-8,15H,1,3,9-12H2,(H,17,19). The molecule has 112 valence electrons. The van der Waals surface area contributed by atoms with Crippen LogP contribution in [0, 0.1) is 0 Å². The third kappa shape index (κ3) is 4.16. The SMILES string of the molecule is C=CCCOCCN1CC(=O)NC(c2ccccc2)C1=O. The van der Waals surface area contributed by atoms with Gasteiger partial charge >= 0.3 is 0 Å². The normalized spacial score (nSPS) is 18.5. The van der Waals surface area contributed by atoms with E-state index in [0.29, 0.717) is 19.8 Å². The monoisotopic (exact) mass is 288 g/mol. The van der Waals surface area contributed by atoms with Crippen molar-refractivity contribution in [1.29, 1.82) is 0 Å². The average molecular weight is 288 g/mol. The summed E-state index contributed by atoms with van der Waals surface area (Å²) in [5, 5.41) is 2.74. The average Bonchev–Trinajstić information content (AvgIpc) is 2.51. The van der Waals surface area contributed by atoms with Gasteiger partial charge in [-0.2, -0.15) is 0 Å². The summed E-state index contributed by atoms with van der Waals surface area (Å²) in [6.45, 7) is 5.14. The predicted octanol–water partition coefficient (Wildman–Crippen LogP) is 1.28. The van der Waals surface area contributed by atoms with E-state index in [4.69, 9.17) is 4.74 Å².